The van der Waals surface area contributed by atoms with Gasteiger partial charge in [0.25, 0.3) is 0 Å². The van der Waals surface area contributed by atoms with Gasteiger partial charge < -0.3 is 10.2 Å². The first kappa shape index (κ1) is 19.0. The van der Waals surface area contributed by atoms with Crippen molar-refractivity contribution < 1.29 is 4.79 Å². The van der Waals surface area contributed by atoms with Gasteiger partial charge in [-0.25, -0.2) is 0 Å². The molecule has 0 spiro atoms. The average molecular weight is 331 g/mol. The monoisotopic (exact) mass is 330 g/mol. The molecule has 0 aliphatic carbocycles. The summed E-state index contributed by atoms with van der Waals surface area (Å²) in [5.41, 5.74) is 2.49. The van der Waals surface area contributed by atoms with Crippen molar-refractivity contribution in [1.29, 1.82) is 0 Å². The van der Waals surface area contributed by atoms with Gasteiger partial charge in [0, 0.05) is 6.54 Å². The molecule has 0 radical (unpaired) electrons. The predicted molar refractivity (Wildman–Crippen MR) is 101 cm³/mol. The number of nitrogens with zero attached hydrogens (tertiary/aromatic N) is 1. The molecule has 1 saturated heterocycles. The number of benzene rings is 1. The zero-order valence-corrected chi connectivity index (χ0v) is 15.7. The summed E-state index contributed by atoms with van der Waals surface area (Å²) in [5, 5.41) is 3.14. The predicted octanol–water partition coefficient (Wildman–Crippen LogP) is 3.98. The SMILES string of the molecule is CC(C)Cc1ccccc1C(C)C(=O)NCCCN1CCCCC1. The zero-order valence-electron chi connectivity index (χ0n) is 15.7. The summed E-state index contributed by atoms with van der Waals surface area (Å²) in [7, 11) is 0. The molecule has 1 aromatic carbocycles. The van der Waals surface area contributed by atoms with Crippen LogP contribution in [0.3, 0.4) is 0 Å². The summed E-state index contributed by atoms with van der Waals surface area (Å²) in [6, 6.07) is 8.38. The third-order valence-corrected chi connectivity index (χ3v) is 4.94. The van der Waals surface area contributed by atoms with Crippen LogP contribution in [0.5, 0.6) is 0 Å². The number of amides is 1. The highest BCUT2D eigenvalue weighted by molar-refractivity contribution is 5.83. The molecule has 1 heterocycles. The fourth-order valence-electron chi connectivity index (χ4n) is 3.57. The molecule has 2 rings (SSSR count). The molecule has 3 heteroatoms. The van der Waals surface area contributed by atoms with Crippen LogP contribution in [-0.2, 0) is 11.2 Å². The van der Waals surface area contributed by atoms with E-state index in [-0.39, 0.29) is 11.8 Å². The van der Waals surface area contributed by atoms with E-state index >= 15 is 0 Å². The maximum absolute atomic E-state index is 12.5. The maximum Gasteiger partial charge on any atom is 0.227 e. The summed E-state index contributed by atoms with van der Waals surface area (Å²) in [6.45, 7) is 10.8. The summed E-state index contributed by atoms with van der Waals surface area (Å²) in [5.74, 6) is 0.686. The lowest BCUT2D eigenvalue weighted by molar-refractivity contribution is -0.122. The van der Waals surface area contributed by atoms with Gasteiger partial charge >= 0.3 is 0 Å². The first-order chi connectivity index (χ1) is 11.6. The van der Waals surface area contributed by atoms with E-state index in [1.165, 1.54) is 43.5 Å². The Bertz CT molecular complexity index is 506. The third-order valence-electron chi connectivity index (χ3n) is 4.94. The molecule has 0 bridgehead atoms. The molecule has 24 heavy (non-hydrogen) atoms. The lowest BCUT2D eigenvalue weighted by atomic mass is 9.90. The van der Waals surface area contributed by atoms with Gasteiger partial charge in [-0.15, -0.1) is 0 Å². The highest BCUT2D eigenvalue weighted by atomic mass is 16.1. The minimum Gasteiger partial charge on any atom is -0.356 e. The molecule has 3 nitrogen and oxygen atoms in total. The van der Waals surface area contributed by atoms with Crippen LogP contribution in [-0.4, -0.2) is 37.0 Å². The van der Waals surface area contributed by atoms with Crippen LogP contribution in [0, 0.1) is 5.92 Å². The van der Waals surface area contributed by atoms with Gasteiger partial charge in [-0.3, -0.25) is 4.79 Å². The fourth-order valence-corrected chi connectivity index (χ4v) is 3.57. The van der Waals surface area contributed by atoms with Crippen LogP contribution < -0.4 is 5.32 Å². The molecule has 1 aliphatic heterocycles. The van der Waals surface area contributed by atoms with Crippen LogP contribution >= 0.6 is 0 Å². The molecular formula is C21H34N2O. The van der Waals surface area contributed by atoms with E-state index in [2.05, 4.69) is 42.3 Å². The number of hydrogen-bond donors (Lipinski definition) is 1. The van der Waals surface area contributed by atoms with Gasteiger partial charge in [0.1, 0.15) is 0 Å². The van der Waals surface area contributed by atoms with Crippen molar-refractivity contribution in [2.45, 2.75) is 58.8 Å². The molecule has 1 unspecified atom stereocenters. The second kappa shape index (κ2) is 9.83. The van der Waals surface area contributed by atoms with Crippen molar-refractivity contribution in [2.24, 2.45) is 5.92 Å². The Morgan fingerprint density at radius 2 is 1.83 bits per heavy atom. The van der Waals surface area contributed by atoms with Crippen molar-refractivity contribution in [3.63, 3.8) is 0 Å². The Labute approximate surface area is 147 Å². The second-order valence-corrected chi connectivity index (χ2v) is 7.57. The standard InChI is InChI=1S/C21H34N2O/c1-17(2)16-19-10-5-6-11-20(19)18(3)21(24)22-12-9-15-23-13-7-4-8-14-23/h5-6,10-11,17-18H,4,7-9,12-16H2,1-3H3,(H,22,24). The van der Waals surface area contributed by atoms with E-state index in [9.17, 15) is 4.79 Å². The Morgan fingerprint density at radius 1 is 1.12 bits per heavy atom. The van der Waals surface area contributed by atoms with Gasteiger partial charge in [-0.05, 0) is 69.3 Å². The van der Waals surface area contributed by atoms with Crippen molar-refractivity contribution in [1.82, 2.24) is 10.2 Å². The smallest absolute Gasteiger partial charge is 0.227 e. The molecule has 1 fully saturated rings. The number of rotatable bonds is 8. The Balaban J connectivity index is 1.79. The number of nitrogens with one attached hydrogen (secondary N) is 1. The Hall–Kier alpha value is -1.35. The largest absolute Gasteiger partial charge is 0.356 e. The average Bonchev–Trinajstić information content (AvgIpc) is 2.59. The molecule has 1 atom stereocenters. The Kier molecular flexibility index (Phi) is 7.77. The third kappa shape index (κ3) is 5.94. The van der Waals surface area contributed by atoms with E-state index in [1.807, 2.05) is 13.0 Å². The van der Waals surface area contributed by atoms with E-state index in [0.717, 1.165) is 25.9 Å². The van der Waals surface area contributed by atoms with Gasteiger partial charge in [0.05, 0.1) is 5.92 Å². The normalized spacial score (nSPS) is 17.0. The molecule has 0 saturated carbocycles. The van der Waals surface area contributed by atoms with Gasteiger partial charge in [0.15, 0.2) is 0 Å². The minimum absolute atomic E-state index is 0.0741. The van der Waals surface area contributed by atoms with Crippen LogP contribution in [0.15, 0.2) is 24.3 Å². The fraction of sp³-hybridized carbons (Fsp3) is 0.667. The van der Waals surface area contributed by atoms with Gasteiger partial charge in [0.2, 0.25) is 5.91 Å². The number of hydrogen-bond acceptors (Lipinski definition) is 2. The topological polar surface area (TPSA) is 32.3 Å². The highest BCUT2D eigenvalue weighted by Gasteiger charge is 2.18. The molecule has 1 N–H and O–H groups in total. The van der Waals surface area contributed by atoms with Crippen molar-refractivity contribution >= 4 is 5.91 Å². The van der Waals surface area contributed by atoms with Gasteiger partial charge in [-0.2, -0.15) is 0 Å². The van der Waals surface area contributed by atoms with Crippen molar-refractivity contribution in [3.05, 3.63) is 35.4 Å². The van der Waals surface area contributed by atoms with E-state index in [1.54, 1.807) is 0 Å². The Morgan fingerprint density at radius 3 is 2.54 bits per heavy atom. The summed E-state index contributed by atoms with van der Waals surface area (Å²) < 4.78 is 0. The highest BCUT2D eigenvalue weighted by Crippen LogP contribution is 2.22. The van der Waals surface area contributed by atoms with E-state index in [4.69, 9.17) is 0 Å². The number of piperidine rings is 1. The zero-order chi connectivity index (χ0) is 17.4. The molecular weight excluding hydrogens is 296 g/mol. The molecule has 0 aromatic heterocycles. The summed E-state index contributed by atoms with van der Waals surface area (Å²) in [4.78, 5) is 15.0. The van der Waals surface area contributed by atoms with Crippen LogP contribution in [0.1, 0.15) is 63.5 Å². The van der Waals surface area contributed by atoms with Gasteiger partial charge in [-0.1, -0.05) is 44.5 Å². The van der Waals surface area contributed by atoms with Crippen LogP contribution in [0.2, 0.25) is 0 Å². The maximum atomic E-state index is 12.5. The second-order valence-electron chi connectivity index (χ2n) is 7.57. The summed E-state index contributed by atoms with van der Waals surface area (Å²) >= 11 is 0. The lowest BCUT2D eigenvalue weighted by Crippen LogP contribution is -2.34. The van der Waals surface area contributed by atoms with Crippen LogP contribution in [0.25, 0.3) is 0 Å². The first-order valence-electron chi connectivity index (χ1n) is 9.65. The minimum atomic E-state index is -0.0741. The van der Waals surface area contributed by atoms with E-state index < -0.39 is 0 Å². The summed E-state index contributed by atoms with van der Waals surface area (Å²) in [6.07, 6.45) is 6.11. The molecule has 1 amide bonds. The van der Waals surface area contributed by atoms with E-state index in [0.29, 0.717) is 5.92 Å². The lowest BCUT2D eigenvalue weighted by Gasteiger charge is -2.26. The first-order valence-corrected chi connectivity index (χ1v) is 9.65. The van der Waals surface area contributed by atoms with Crippen molar-refractivity contribution in [3.8, 4) is 0 Å². The van der Waals surface area contributed by atoms with Crippen LogP contribution in [0.4, 0.5) is 0 Å². The van der Waals surface area contributed by atoms with Crippen molar-refractivity contribution in [2.75, 3.05) is 26.2 Å². The quantitative estimate of drug-likeness (QED) is 0.731. The number of likely N-dealkylation sites (tertiary alicyclic amines) is 1. The number of carbonyl (C=O) groups excluding carboxylic acids is 1. The molecule has 134 valence electrons. The molecule has 1 aromatic rings. The molecule has 1 aliphatic rings. The number of carbonyl (C=O) groups is 1.